The second-order valence-electron chi connectivity index (χ2n) is 5.34. The number of fused-ring (bicyclic) bond motifs is 2. The van der Waals surface area contributed by atoms with Crippen LogP contribution < -0.4 is 5.32 Å². The predicted molar refractivity (Wildman–Crippen MR) is 85.7 cm³/mol. The van der Waals surface area contributed by atoms with Crippen molar-refractivity contribution in [2.45, 2.75) is 18.9 Å². The lowest BCUT2D eigenvalue weighted by Crippen LogP contribution is -2.07. The zero-order chi connectivity index (χ0) is 14.2. The van der Waals surface area contributed by atoms with E-state index >= 15 is 0 Å². The van der Waals surface area contributed by atoms with Gasteiger partial charge in [0.15, 0.2) is 0 Å². The molecule has 0 aliphatic heterocycles. The summed E-state index contributed by atoms with van der Waals surface area (Å²) in [6, 6.07) is 12.6. The SMILES string of the molecule is Clc1ccc2c(c1)CCC2Nc1ccc2nccnc2c1. The number of halogens is 1. The Morgan fingerprint density at radius 2 is 1.86 bits per heavy atom. The molecule has 3 aromatic rings. The van der Waals surface area contributed by atoms with Crippen molar-refractivity contribution in [3.63, 3.8) is 0 Å². The van der Waals surface area contributed by atoms with Crippen LogP contribution in [-0.4, -0.2) is 9.97 Å². The Morgan fingerprint density at radius 1 is 1.00 bits per heavy atom. The van der Waals surface area contributed by atoms with Gasteiger partial charge in [0.1, 0.15) is 0 Å². The van der Waals surface area contributed by atoms with Crippen LogP contribution >= 0.6 is 11.6 Å². The fraction of sp³-hybridized carbons (Fsp3) is 0.176. The summed E-state index contributed by atoms with van der Waals surface area (Å²) < 4.78 is 0. The van der Waals surface area contributed by atoms with Gasteiger partial charge in [0.25, 0.3) is 0 Å². The third-order valence-electron chi connectivity index (χ3n) is 3.99. The molecular weight excluding hydrogens is 282 g/mol. The van der Waals surface area contributed by atoms with E-state index in [0.717, 1.165) is 34.6 Å². The minimum atomic E-state index is 0.339. The maximum Gasteiger partial charge on any atom is 0.0907 e. The lowest BCUT2D eigenvalue weighted by atomic mass is 10.1. The highest BCUT2D eigenvalue weighted by atomic mass is 35.5. The second kappa shape index (κ2) is 5.01. The van der Waals surface area contributed by atoms with Crippen molar-refractivity contribution in [3.05, 3.63) is 64.9 Å². The Bertz CT molecular complexity index is 816. The number of nitrogens with one attached hydrogen (secondary N) is 1. The number of anilines is 1. The van der Waals surface area contributed by atoms with E-state index in [0.29, 0.717) is 6.04 Å². The largest absolute Gasteiger partial charge is 0.378 e. The monoisotopic (exact) mass is 295 g/mol. The first kappa shape index (κ1) is 12.6. The van der Waals surface area contributed by atoms with Crippen LogP contribution in [0.4, 0.5) is 5.69 Å². The van der Waals surface area contributed by atoms with Gasteiger partial charge in [0.2, 0.25) is 0 Å². The smallest absolute Gasteiger partial charge is 0.0907 e. The van der Waals surface area contributed by atoms with Gasteiger partial charge in [-0.25, -0.2) is 0 Å². The first-order valence-electron chi connectivity index (χ1n) is 7.05. The van der Waals surface area contributed by atoms with Crippen LogP contribution in [0.5, 0.6) is 0 Å². The molecule has 1 aromatic heterocycles. The highest BCUT2D eigenvalue weighted by molar-refractivity contribution is 6.30. The molecule has 0 spiro atoms. The zero-order valence-corrected chi connectivity index (χ0v) is 12.1. The van der Waals surface area contributed by atoms with Crippen molar-refractivity contribution < 1.29 is 0 Å². The van der Waals surface area contributed by atoms with Crippen molar-refractivity contribution in [1.29, 1.82) is 0 Å². The van der Waals surface area contributed by atoms with E-state index in [9.17, 15) is 0 Å². The summed E-state index contributed by atoms with van der Waals surface area (Å²) in [5.41, 5.74) is 5.61. The van der Waals surface area contributed by atoms with Crippen molar-refractivity contribution in [2.24, 2.45) is 0 Å². The molecule has 0 radical (unpaired) electrons. The second-order valence-corrected chi connectivity index (χ2v) is 5.78. The molecule has 1 N–H and O–H groups in total. The van der Waals surface area contributed by atoms with Crippen molar-refractivity contribution >= 4 is 28.3 Å². The lowest BCUT2D eigenvalue weighted by Gasteiger charge is -2.16. The standard InChI is InChI=1S/C17H14ClN3/c18-12-2-4-14-11(9-12)1-5-15(14)21-13-3-6-16-17(10-13)20-8-7-19-16/h2-4,6-10,15,21H,1,5H2. The summed E-state index contributed by atoms with van der Waals surface area (Å²) in [5.74, 6) is 0. The fourth-order valence-electron chi connectivity index (χ4n) is 2.99. The van der Waals surface area contributed by atoms with E-state index in [-0.39, 0.29) is 0 Å². The van der Waals surface area contributed by atoms with Gasteiger partial charge in [0, 0.05) is 23.1 Å². The number of nitrogens with zero attached hydrogens (tertiary/aromatic N) is 2. The van der Waals surface area contributed by atoms with Crippen LogP contribution in [0.15, 0.2) is 48.8 Å². The first-order valence-corrected chi connectivity index (χ1v) is 7.43. The van der Waals surface area contributed by atoms with Gasteiger partial charge < -0.3 is 5.32 Å². The molecule has 1 heterocycles. The molecule has 2 aromatic carbocycles. The minimum absolute atomic E-state index is 0.339. The van der Waals surface area contributed by atoms with Gasteiger partial charge in [0.05, 0.1) is 17.1 Å². The third-order valence-corrected chi connectivity index (χ3v) is 4.23. The predicted octanol–water partition coefficient (Wildman–Crippen LogP) is 4.38. The number of hydrogen-bond donors (Lipinski definition) is 1. The molecule has 1 aliphatic carbocycles. The molecule has 0 saturated heterocycles. The average molecular weight is 296 g/mol. The molecule has 0 saturated carbocycles. The Labute approximate surface area is 128 Å². The minimum Gasteiger partial charge on any atom is -0.378 e. The molecule has 0 amide bonds. The maximum atomic E-state index is 6.06. The Hall–Kier alpha value is -2.13. The van der Waals surface area contributed by atoms with Gasteiger partial charge in [-0.1, -0.05) is 17.7 Å². The highest BCUT2D eigenvalue weighted by Crippen LogP contribution is 2.35. The van der Waals surface area contributed by atoms with Crippen LogP contribution in [0.25, 0.3) is 11.0 Å². The summed E-state index contributed by atoms with van der Waals surface area (Å²) in [6.07, 6.45) is 5.60. The van der Waals surface area contributed by atoms with E-state index < -0.39 is 0 Å². The van der Waals surface area contributed by atoms with Gasteiger partial charge in [-0.05, 0) is 54.3 Å². The van der Waals surface area contributed by atoms with Crippen LogP contribution in [0, 0.1) is 0 Å². The first-order chi connectivity index (χ1) is 10.3. The molecule has 104 valence electrons. The topological polar surface area (TPSA) is 37.8 Å². The molecule has 4 rings (SSSR count). The number of rotatable bonds is 2. The van der Waals surface area contributed by atoms with Gasteiger partial charge in [-0.3, -0.25) is 9.97 Å². The molecule has 1 unspecified atom stereocenters. The van der Waals surface area contributed by atoms with Crippen molar-refractivity contribution in [1.82, 2.24) is 9.97 Å². The van der Waals surface area contributed by atoms with E-state index in [1.807, 2.05) is 12.1 Å². The summed E-state index contributed by atoms with van der Waals surface area (Å²) in [6.45, 7) is 0. The number of hydrogen-bond acceptors (Lipinski definition) is 3. The van der Waals surface area contributed by atoms with Crippen LogP contribution in [0.2, 0.25) is 5.02 Å². The third kappa shape index (κ3) is 2.34. The van der Waals surface area contributed by atoms with Crippen molar-refractivity contribution in [2.75, 3.05) is 5.32 Å². The molecule has 1 aliphatic rings. The van der Waals surface area contributed by atoms with Crippen molar-refractivity contribution in [3.8, 4) is 0 Å². The Morgan fingerprint density at radius 3 is 2.76 bits per heavy atom. The number of aromatic nitrogens is 2. The molecule has 0 bridgehead atoms. The molecule has 1 atom stereocenters. The quantitative estimate of drug-likeness (QED) is 0.762. The average Bonchev–Trinajstić information content (AvgIpc) is 2.89. The summed E-state index contributed by atoms with van der Waals surface area (Å²) >= 11 is 6.06. The fourth-order valence-corrected chi connectivity index (χ4v) is 3.18. The Balaban J connectivity index is 1.64. The molecule has 3 nitrogen and oxygen atoms in total. The summed E-state index contributed by atoms with van der Waals surface area (Å²) in [5, 5.41) is 4.41. The zero-order valence-electron chi connectivity index (χ0n) is 11.4. The van der Waals surface area contributed by atoms with E-state index in [2.05, 4.69) is 39.6 Å². The maximum absolute atomic E-state index is 6.06. The molecule has 4 heteroatoms. The summed E-state index contributed by atoms with van der Waals surface area (Å²) in [7, 11) is 0. The number of aryl methyl sites for hydroxylation is 1. The lowest BCUT2D eigenvalue weighted by molar-refractivity contribution is 0.762. The summed E-state index contributed by atoms with van der Waals surface area (Å²) in [4.78, 5) is 8.65. The van der Waals surface area contributed by atoms with Crippen LogP contribution in [0.1, 0.15) is 23.6 Å². The van der Waals surface area contributed by atoms with E-state index in [1.165, 1.54) is 11.1 Å². The molecular formula is C17H14ClN3. The van der Waals surface area contributed by atoms with E-state index in [4.69, 9.17) is 11.6 Å². The van der Waals surface area contributed by atoms with Gasteiger partial charge in [-0.2, -0.15) is 0 Å². The van der Waals surface area contributed by atoms with Crippen LogP contribution in [0.3, 0.4) is 0 Å². The van der Waals surface area contributed by atoms with Crippen LogP contribution in [-0.2, 0) is 6.42 Å². The van der Waals surface area contributed by atoms with E-state index in [1.54, 1.807) is 12.4 Å². The Kier molecular flexibility index (Phi) is 3.00. The highest BCUT2D eigenvalue weighted by Gasteiger charge is 2.22. The van der Waals surface area contributed by atoms with Gasteiger partial charge >= 0.3 is 0 Å². The normalized spacial score (nSPS) is 16.9. The molecule has 0 fully saturated rings. The van der Waals surface area contributed by atoms with Gasteiger partial charge in [-0.15, -0.1) is 0 Å². The number of benzene rings is 2. The molecule has 21 heavy (non-hydrogen) atoms.